The van der Waals surface area contributed by atoms with Crippen molar-refractivity contribution in [2.24, 2.45) is 0 Å². The van der Waals surface area contributed by atoms with Crippen LogP contribution in [0.2, 0.25) is 0 Å². The molecular weight excluding hydrogens is 680 g/mol. The van der Waals surface area contributed by atoms with Gasteiger partial charge >= 0.3 is 17.9 Å². The van der Waals surface area contributed by atoms with Crippen molar-refractivity contribution in [2.45, 2.75) is 48.0 Å². The monoisotopic (exact) mass is 734 g/mol. The quantitative estimate of drug-likeness (QED) is 0.0621. The van der Waals surface area contributed by atoms with Crippen LogP contribution in [0, 0.1) is 0 Å². The second-order valence-electron chi connectivity index (χ2n) is 10.0. The van der Waals surface area contributed by atoms with Gasteiger partial charge in [-0.25, -0.2) is 14.4 Å². The summed E-state index contributed by atoms with van der Waals surface area (Å²) in [6.07, 6.45) is 1.25. The summed E-state index contributed by atoms with van der Waals surface area (Å²) in [6.45, 7) is 14.4. The maximum Gasteiger partial charge on any atom is 0.338 e. The highest BCUT2D eigenvalue weighted by Crippen LogP contribution is 2.29. The number of phenols is 3. The first-order chi connectivity index (χ1) is 25.0. The molecule has 290 valence electrons. The second-order valence-corrected chi connectivity index (χ2v) is 10.0. The highest BCUT2D eigenvalue weighted by atomic mass is 16.6. The van der Waals surface area contributed by atoms with Crippen molar-refractivity contribution in [1.29, 1.82) is 0 Å². The molecule has 0 aromatic heterocycles. The van der Waals surface area contributed by atoms with E-state index in [1.54, 1.807) is 59.3 Å². The van der Waals surface area contributed by atoms with E-state index in [2.05, 4.69) is 13.8 Å². The minimum Gasteiger partial charge on any atom is -0.504 e. The Morgan fingerprint density at radius 2 is 0.865 bits per heavy atom. The first-order valence-electron chi connectivity index (χ1n) is 16.8. The van der Waals surface area contributed by atoms with E-state index in [1.165, 1.54) is 30.7 Å². The summed E-state index contributed by atoms with van der Waals surface area (Å²) >= 11 is 0. The molecule has 0 aliphatic heterocycles. The number of rotatable bonds is 16. The molecule has 0 heterocycles. The Balaban J connectivity index is 0.000000732. The number of hydrogen-bond donors (Lipinski definition) is 3. The summed E-state index contributed by atoms with van der Waals surface area (Å²) in [5.41, 5.74) is 0.963. The lowest BCUT2D eigenvalue weighted by Crippen LogP contribution is -2.08. The van der Waals surface area contributed by atoms with Gasteiger partial charge in [-0.2, -0.15) is 0 Å². The van der Waals surface area contributed by atoms with Crippen LogP contribution in [0.4, 0.5) is 0 Å². The van der Waals surface area contributed by atoms with Crippen molar-refractivity contribution in [3.05, 3.63) is 71.3 Å². The molecule has 52 heavy (non-hydrogen) atoms. The van der Waals surface area contributed by atoms with E-state index < -0.39 is 11.9 Å². The van der Waals surface area contributed by atoms with Gasteiger partial charge in [0.05, 0.1) is 56.3 Å². The lowest BCUT2D eigenvalue weighted by atomic mass is 10.2. The van der Waals surface area contributed by atoms with Crippen LogP contribution in [0.15, 0.2) is 54.6 Å². The number of benzene rings is 3. The average molecular weight is 735 g/mol. The van der Waals surface area contributed by atoms with Gasteiger partial charge in [-0.1, -0.05) is 20.3 Å². The Morgan fingerprint density at radius 1 is 0.462 bits per heavy atom. The largest absolute Gasteiger partial charge is 0.504 e. The first-order valence-corrected chi connectivity index (χ1v) is 16.8. The standard InChI is InChI=1S/C14H20O5.C12H16O5.C9H10O4.C3H8/c1-4-17-13-10-11(14(15)18-5-2)6-7-12(13)19-9-8-16-3;1-3-16-12(14)9-4-5-11(10(13)8-9)17-7-6-15-2;1-2-13-9(12)6-3-4-7(10)8(11)5-6;1-3-2/h6-7,10H,4-5,8-9H2,1-3H3;4-5,8,13H,3,6-7H2,1-2H3;3-5,10-11H,2H2,1H3;3H2,1-2H3. The maximum absolute atomic E-state index is 11.6. The molecule has 3 N–H and O–H groups in total. The molecule has 0 saturated heterocycles. The Hall–Kier alpha value is -5.21. The molecule has 0 atom stereocenters. The number of hydrogen-bond acceptors (Lipinski definition) is 14. The van der Waals surface area contributed by atoms with Crippen LogP contribution in [-0.2, 0) is 23.7 Å². The predicted molar refractivity (Wildman–Crippen MR) is 194 cm³/mol. The number of ether oxygens (including phenoxy) is 8. The van der Waals surface area contributed by atoms with E-state index in [4.69, 9.17) is 48.1 Å². The molecule has 0 aliphatic rings. The number of carbonyl (C=O) groups is 3. The molecule has 3 aromatic carbocycles. The van der Waals surface area contributed by atoms with Gasteiger partial charge in [0, 0.05) is 14.2 Å². The minimum absolute atomic E-state index is 0.0911. The van der Waals surface area contributed by atoms with Crippen LogP contribution in [0.3, 0.4) is 0 Å². The van der Waals surface area contributed by atoms with Crippen molar-refractivity contribution in [2.75, 3.05) is 67.1 Å². The maximum atomic E-state index is 11.6. The van der Waals surface area contributed by atoms with Crippen LogP contribution in [0.5, 0.6) is 34.5 Å². The Kier molecular flexibility index (Phi) is 25.6. The van der Waals surface area contributed by atoms with E-state index in [0.717, 1.165) is 6.07 Å². The predicted octanol–water partition coefficient (Wildman–Crippen LogP) is 6.57. The molecule has 0 fully saturated rings. The third-order valence-corrected chi connectivity index (χ3v) is 5.80. The summed E-state index contributed by atoms with van der Waals surface area (Å²) in [7, 11) is 3.17. The van der Waals surface area contributed by atoms with E-state index in [1.807, 2.05) is 6.92 Å². The zero-order valence-corrected chi connectivity index (χ0v) is 31.4. The Bertz CT molecular complexity index is 1460. The topological polar surface area (TPSA) is 186 Å². The summed E-state index contributed by atoms with van der Waals surface area (Å²) < 4.78 is 40.4. The molecule has 14 nitrogen and oxygen atoms in total. The molecular formula is C38H54O14. The smallest absolute Gasteiger partial charge is 0.338 e. The third kappa shape index (κ3) is 18.7. The lowest BCUT2D eigenvalue weighted by molar-refractivity contribution is 0.0516. The van der Waals surface area contributed by atoms with Gasteiger partial charge in [0.15, 0.2) is 34.5 Å². The van der Waals surface area contributed by atoms with Crippen LogP contribution < -0.4 is 14.2 Å². The molecule has 0 saturated carbocycles. The molecule has 0 bridgehead atoms. The second kappa shape index (κ2) is 28.5. The van der Waals surface area contributed by atoms with E-state index in [9.17, 15) is 19.5 Å². The van der Waals surface area contributed by atoms with Crippen molar-refractivity contribution < 1.29 is 67.6 Å². The number of phenolic OH excluding ortho intramolecular Hbond substituents is 3. The van der Waals surface area contributed by atoms with Gasteiger partial charge in [-0.15, -0.1) is 0 Å². The zero-order chi connectivity index (χ0) is 39.3. The van der Waals surface area contributed by atoms with Crippen molar-refractivity contribution in [3.8, 4) is 34.5 Å². The van der Waals surface area contributed by atoms with Crippen LogP contribution in [0.25, 0.3) is 0 Å². The summed E-state index contributed by atoms with van der Waals surface area (Å²) in [5.74, 6) is -0.590. The fraction of sp³-hybridized carbons (Fsp3) is 0.447. The van der Waals surface area contributed by atoms with Gasteiger partial charge in [0.2, 0.25) is 0 Å². The van der Waals surface area contributed by atoms with Gasteiger partial charge in [0.1, 0.15) is 13.2 Å². The lowest BCUT2D eigenvalue weighted by Gasteiger charge is -2.12. The summed E-state index contributed by atoms with van der Waals surface area (Å²) in [6, 6.07) is 13.2. The highest BCUT2D eigenvalue weighted by Gasteiger charge is 2.13. The number of aromatic hydroxyl groups is 3. The molecule has 0 unspecified atom stereocenters. The zero-order valence-electron chi connectivity index (χ0n) is 31.4. The number of esters is 3. The van der Waals surface area contributed by atoms with Crippen molar-refractivity contribution >= 4 is 17.9 Å². The van der Waals surface area contributed by atoms with Crippen LogP contribution in [0.1, 0.15) is 79.0 Å². The minimum atomic E-state index is -0.516. The van der Waals surface area contributed by atoms with Gasteiger partial charge < -0.3 is 53.2 Å². The van der Waals surface area contributed by atoms with Crippen molar-refractivity contribution in [1.82, 2.24) is 0 Å². The molecule has 3 rings (SSSR count). The van der Waals surface area contributed by atoms with Gasteiger partial charge in [-0.05, 0) is 82.3 Å². The SMILES string of the molecule is CCC.CCOC(=O)c1ccc(O)c(O)c1.CCOC(=O)c1ccc(OCCOC)c(O)c1.CCOC(=O)c1ccc(OCCOC)c(OCC)c1. The normalized spacial score (nSPS) is 9.69. The highest BCUT2D eigenvalue weighted by molar-refractivity contribution is 5.91. The fourth-order valence-electron chi connectivity index (χ4n) is 3.55. The fourth-order valence-corrected chi connectivity index (χ4v) is 3.55. The number of methoxy groups -OCH3 is 2. The average Bonchev–Trinajstić information content (AvgIpc) is 3.12. The van der Waals surface area contributed by atoms with Gasteiger partial charge in [-0.3, -0.25) is 0 Å². The molecule has 14 heteroatoms. The van der Waals surface area contributed by atoms with Crippen LogP contribution in [-0.4, -0.2) is 100 Å². The van der Waals surface area contributed by atoms with E-state index in [-0.39, 0.29) is 35.4 Å². The molecule has 0 radical (unpaired) electrons. The molecule has 0 amide bonds. The molecule has 0 spiro atoms. The molecule has 3 aromatic rings. The van der Waals surface area contributed by atoms with E-state index in [0.29, 0.717) is 74.6 Å². The summed E-state index contributed by atoms with van der Waals surface area (Å²) in [4.78, 5) is 34.1. The molecule has 0 aliphatic carbocycles. The Labute approximate surface area is 306 Å². The third-order valence-electron chi connectivity index (χ3n) is 5.80. The van der Waals surface area contributed by atoms with Crippen LogP contribution >= 0.6 is 0 Å². The Morgan fingerprint density at radius 3 is 1.27 bits per heavy atom. The van der Waals surface area contributed by atoms with Gasteiger partial charge in [0.25, 0.3) is 0 Å². The number of carbonyl (C=O) groups excluding carboxylic acids is 3. The van der Waals surface area contributed by atoms with Crippen molar-refractivity contribution in [3.63, 3.8) is 0 Å². The van der Waals surface area contributed by atoms with E-state index >= 15 is 0 Å². The summed E-state index contributed by atoms with van der Waals surface area (Å²) in [5, 5.41) is 27.6. The first kappa shape index (κ1) is 46.8.